The fourth-order valence-corrected chi connectivity index (χ4v) is 2.38. The van der Waals surface area contributed by atoms with Crippen molar-refractivity contribution >= 4 is 17.4 Å². The lowest BCUT2D eigenvalue weighted by atomic mass is 10.1. The van der Waals surface area contributed by atoms with Gasteiger partial charge in [0.05, 0.1) is 17.7 Å². The van der Waals surface area contributed by atoms with Crippen molar-refractivity contribution in [3.8, 4) is 6.07 Å². The number of carbonyl (C=O) groups excluding carboxylic acids is 1. The number of amides is 1. The lowest BCUT2D eigenvalue weighted by Crippen LogP contribution is -2.34. The molecule has 1 amide bonds. The zero-order chi connectivity index (χ0) is 13.7. The molecule has 0 N–H and O–H groups in total. The molecule has 0 radical (unpaired) electrons. The van der Waals surface area contributed by atoms with Gasteiger partial charge in [0.15, 0.2) is 0 Å². The normalized spacial score (nSPS) is 12.2. The van der Waals surface area contributed by atoms with Crippen LogP contribution in [0.2, 0.25) is 0 Å². The Balaban J connectivity index is 2.90. The van der Waals surface area contributed by atoms with E-state index < -0.39 is 0 Å². The van der Waals surface area contributed by atoms with Gasteiger partial charge in [0.2, 0.25) is 0 Å². The summed E-state index contributed by atoms with van der Waals surface area (Å²) in [6.45, 7) is 8.72. The molecule has 1 heterocycles. The van der Waals surface area contributed by atoms with Crippen LogP contribution in [0.5, 0.6) is 0 Å². The highest BCUT2D eigenvalue weighted by Gasteiger charge is 2.23. The Morgan fingerprint density at radius 2 is 2.17 bits per heavy atom. The van der Waals surface area contributed by atoms with Gasteiger partial charge in [-0.2, -0.15) is 5.26 Å². The Morgan fingerprint density at radius 1 is 1.50 bits per heavy atom. The van der Waals surface area contributed by atoms with Crippen molar-refractivity contribution in [3.05, 3.63) is 10.6 Å². The van der Waals surface area contributed by atoms with Gasteiger partial charge in [-0.25, -0.2) is 0 Å². The summed E-state index contributed by atoms with van der Waals surface area (Å²) in [6, 6.07) is 2.15. The molecule has 0 fully saturated rings. The van der Waals surface area contributed by atoms with Crippen molar-refractivity contribution in [2.24, 2.45) is 5.92 Å². The molecule has 0 aliphatic carbocycles. The zero-order valence-electron chi connectivity index (χ0n) is 11.2. The summed E-state index contributed by atoms with van der Waals surface area (Å²) in [5.74, 6) is -0.0645. The maximum Gasteiger partial charge on any atom is 0.267 e. The lowest BCUT2D eigenvalue weighted by Gasteiger charge is -2.21. The largest absolute Gasteiger partial charge is 0.337 e. The summed E-state index contributed by atoms with van der Waals surface area (Å²) in [7, 11) is 0. The molecule has 0 aromatic carbocycles. The van der Waals surface area contributed by atoms with Crippen molar-refractivity contribution in [3.63, 3.8) is 0 Å². The molecule has 98 valence electrons. The van der Waals surface area contributed by atoms with E-state index in [4.69, 9.17) is 5.26 Å². The van der Waals surface area contributed by atoms with Crippen molar-refractivity contribution in [1.82, 2.24) is 14.5 Å². The Labute approximate surface area is 112 Å². The number of carbonyl (C=O) groups is 1. The van der Waals surface area contributed by atoms with Crippen LogP contribution in [0.1, 0.15) is 49.0 Å². The van der Waals surface area contributed by atoms with Crippen molar-refractivity contribution in [2.45, 2.75) is 33.6 Å². The number of nitriles is 1. The van der Waals surface area contributed by atoms with Gasteiger partial charge < -0.3 is 4.90 Å². The van der Waals surface area contributed by atoms with Crippen molar-refractivity contribution < 1.29 is 4.79 Å². The maximum absolute atomic E-state index is 12.4. The van der Waals surface area contributed by atoms with Gasteiger partial charge in [0.25, 0.3) is 5.91 Å². The minimum Gasteiger partial charge on any atom is -0.337 e. The second kappa shape index (κ2) is 6.45. The van der Waals surface area contributed by atoms with Crippen LogP contribution < -0.4 is 0 Å². The fraction of sp³-hybridized carbons (Fsp3) is 0.667. The Morgan fingerprint density at radius 3 is 2.67 bits per heavy atom. The number of hydrogen-bond donors (Lipinski definition) is 0. The minimum absolute atomic E-state index is 0.0710. The molecule has 5 nitrogen and oxygen atoms in total. The van der Waals surface area contributed by atoms with Crippen LogP contribution in [0, 0.1) is 17.2 Å². The summed E-state index contributed by atoms with van der Waals surface area (Å²) >= 11 is 1.13. The average molecular weight is 266 g/mol. The molecule has 18 heavy (non-hydrogen) atoms. The van der Waals surface area contributed by atoms with Crippen LogP contribution in [-0.2, 0) is 0 Å². The van der Waals surface area contributed by atoms with E-state index in [2.05, 4.69) is 15.7 Å². The van der Waals surface area contributed by atoms with Crippen molar-refractivity contribution in [1.29, 1.82) is 5.26 Å². The first kappa shape index (κ1) is 14.6. The van der Waals surface area contributed by atoms with E-state index in [0.29, 0.717) is 18.0 Å². The van der Waals surface area contributed by atoms with E-state index >= 15 is 0 Å². The fourth-order valence-electron chi connectivity index (χ4n) is 1.59. The van der Waals surface area contributed by atoms with Crippen molar-refractivity contribution in [2.75, 3.05) is 13.1 Å². The quantitative estimate of drug-likeness (QED) is 0.819. The summed E-state index contributed by atoms with van der Waals surface area (Å²) in [6.07, 6.45) is 0. The van der Waals surface area contributed by atoms with Gasteiger partial charge in [-0.05, 0) is 31.3 Å². The molecule has 1 rings (SSSR count). The van der Waals surface area contributed by atoms with Gasteiger partial charge in [0.1, 0.15) is 4.88 Å². The standard InChI is InChI=1S/C12H18N4OS/c1-5-16(7-9(4)6-13)12(17)11-10(8(2)3)14-15-18-11/h8-9H,5,7H2,1-4H3. The lowest BCUT2D eigenvalue weighted by molar-refractivity contribution is 0.0756. The minimum atomic E-state index is -0.169. The second-order valence-electron chi connectivity index (χ2n) is 4.52. The zero-order valence-corrected chi connectivity index (χ0v) is 12.0. The van der Waals surface area contributed by atoms with Crippen LogP contribution in [-0.4, -0.2) is 33.5 Å². The molecule has 0 saturated heterocycles. The van der Waals surface area contributed by atoms with E-state index in [-0.39, 0.29) is 17.7 Å². The third-order valence-corrected chi connectivity index (χ3v) is 3.37. The SMILES string of the molecule is CCN(CC(C)C#N)C(=O)c1snnc1C(C)C. The van der Waals surface area contributed by atoms with E-state index in [1.54, 1.807) is 4.90 Å². The van der Waals surface area contributed by atoms with Crippen LogP contribution in [0.15, 0.2) is 0 Å². The molecule has 1 unspecified atom stereocenters. The summed E-state index contributed by atoms with van der Waals surface area (Å²) in [5.41, 5.74) is 0.744. The first-order chi connectivity index (χ1) is 8.51. The molecule has 1 aromatic rings. The van der Waals surface area contributed by atoms with Gasteiger partial charge in [-0.1, -0.05) is 18.3 Å². The predicted molar refractivity (Wildman–Crippen MR) is 70.4 cm³/mol. The van der Waals surface area contributed by atoms with Gasteiger partial charge in [-0.3, -0.25) is 4.79 Å². The number of rotatable bonds is 5. The van der Waals surface area contributed by atoms with Crippen LogP contribution in [0.4, 0.5) is 0 Å². The topological polar surface area (TPSA) is 69.9 Å². The maximum atomic E-state index is 12.4. The van der Waals surface area contributed by atoms with Gasteiger partial charge in [0, 0.05) is 13.1 Å². The molecular weight excluding hydrogens is 248 g/mol. The van der Waals surface area contributed by atoms with Gasteiger partial charge in [-0.15, -0.1) is 5.10 Å². The number of hydrogen-bond acceptors (Lipinski definition) is 5. The Kier molecular flexibility index (Phi) is 5.23. The average Bonchev–Trinajstić information content (AvgIpc) is 2.83. The molecular formula is C12H18N4OS. The summed E-state index contributed by atoms with van der Waals surface area (Å²) in [4.78, 5) is 14.6. The molecule has 0 bridgehead atoms. The highest BCUT2D eigenvalue weighted by molar-refractivity contribution is 7.08. The van der Waals surface area contributed by atoms with E-state index in [0.717, 1.165) is 17.2 Å². The first-order valence-electron chi connectivity index (χ1n) is 6.02. The molecule has 0 spiro atoms. The molecule has 0 saturated carbocycles. The molecule has 1 aromatic heterocycles. The third-order valence-electron chi connectivity index (χ3n) is 2.64. The van der Waals surface area contributed by atoms with E-state index in [9.17, 15) is 4.79 Å². The van der Waals surface area contributed by atoms with Crippen LogP contribution >= 0.6 is 11.5 Å². The molecule has 0 aliphatic heterocycles. The summed E-state index contributed by atoms with van der Waals surface area (Å²) < 4.78 is 3.86. The monoisotopic (exact) mass is 266 g/mol. The smallest absolute Gasteiger partial charge is 0.267 e. The highest BCUT2D eigenvalue weighted by atomic mass is 32.1. The number of aromatic nitrogens is 2. The predicted octanol–water partition coefficient (Wildman–Crippen LogP) is 2.28. The highest BCUT2D eigenvalue weighted by Crippen LogP contribution is 2.21. The number of nitrogens with zero attached hydrogens (tertiary/aromatic N) is 4. The molecule has 1 atom stereocenters. The van der Waals surface area contributed by atoms with E-state index in [1.807, 2.05) is 27.7 Å². The van der Waals surface area contributed by atoms with Crippen LogP contribution in [0.25, 0.3) is 0 Å². The second-order valence-corrected chi connectivity index (χ2v) is 5.27. The van der Waals surface area contributed by atoms with E-state index in [1.165, 1.54) is 0 Å². The molecule has 6 heteroatoms. The Hall–Kier alpha value is -1.48. The Bertz CT molecular complexity index is 449. The summed E-state index contributed by atoms with van der Waals surface area (Å²) in [5, 5.41) is 12.8. The third kappa shape index (κ3) is 3.26. The van der Waals surface area contributed by atoms with Gasteiger partial charge >= 0.3 is 0 Å². The first-order valence-corrected chi connectivity index (χ1v) is 6.79. The van der Waals surface area contributed by atoms with Crippen LogP contribution in [0.3, 0.4) is 0 Å². The molecule has 0 aliphatic rings.